The third-order valence-corrected chi connectivity index (χ3v) is 8.02. The molecule has 182 valence electrons. The maximum atomic E-state index is 13.2. The summed E-state index contributed by atoms with van der Waals surface area (Å²) in [6.45, 7) is 4.35. The first-order valence-corrected chi connectivity index (χ1v) is 13.2. The second-order valence-electron chi connectivity index (χ2n) is 9.04. The Morgan fingerprint density at radius 2 is 1.56 bits per heavy atom. The van der Waals surface area contributed by atoms with E-state index in [2.05, 4.69) is 4.72 Å². The fraction of sp³-hybridized carbons (Fsp3) is 0.440. The van der Waals surface area contributed by atoms with Gasteiger partial charge < -0.3 is 9.80 Å². The summed E-state index contributed by atoms with van der Waals surface area (Å²) in [6.07, 6.45) is 4.51. The molecule has 2 aromatic rings. The van der Waals surface area contributed by atoms with Crippen molar-refractivity contribution >= 4 is 27.5 Å². The van der Waals surface area contributed by atoms with Crippen LogP contribution < -0.4 is 4.72 Å². The second-order valence-corrected chi connectivity index (χ2v) is 10.7. The molecule has 0 unspecified atom stereocenters. The van der Waals surface area contributed by atoms with Crippen molar-refractivity contribution in [1.82, 2.24) is 9.80 Å². The highest BCUT2D eigenvalue weighted by Crippen LogP contribution is 2.25. The van der Waals surface area contributed by atoms with Gasteiger partial charge in [-0.05, 0) is 81.0 Å². The Labute approximate surface area is 200 Å². The number of hydrogen-bond acceptors (Lipinski definition) is 4. The van der Waals surface area contributed by atoms with Crippen molar-refractivity contribution in [3.05, 3.63) is 59.4 Å². The number of amides is 2. The SMILES string of the molecule is Cc1ccc(S(=O)(=O)Nc2ccc(F)cc2)cc1C(=O)N1CCC(C(=O)N2CCCCC2)CC1. The van der Waals surface area contributed by atoms with E-state index in [0.29, 0.717) is 37.1 Å². The van der Waals surface area contributed by atoms with Crippen LogP contribution in [0.4, 0.5) is 10.1 Å². The molecule has 0 radical (unpaired) electrons. The second kappa shape index (κ2) is 10.1. The molecule has 0 aromatic heterocycles. The minimum absolute atomic E-state index is 0.0408. The number of nitrogens with one attached hydrogen (secondary N) is 1. The number of piperidine rings is 2. The molecule has 2 saturated heterocycles. The molecule has 1 N–H and O–H groups in total. The Morgan fingerprint density at radius 1 is 0.912 bits per heavy atom. The van der Waals surface area contributed by atoms with Crippen LogP contribution in [0, 0.1) is 18.7 Å². The van der Waals surface area contributed by atoms with Crippen LogP contribution in [0.5, 0.6) is 0 Å². The van der Waals surface area contributed by atoms with Gasteiger partial charge in [-0.2, -0.15) is 0 Å². The van der Waals surface area contributed by atoms with Crippen LogP contribution in [0.25, 0.3) is 0 Å². The van der Waals surface area contributed by atoms with E-state index in [1.165, 1.54) is 42.8 Å². The predicted molar refractivity (Wildman–Crippen MR) is 127 cm³/mol. The summed E-state index contributed by atoms with van der Waals surface area (Å²) in [7, 11) is -3.96. The van der Waals surface area contributed by atoms with E-state index in [-0.39, 0.29) is 28.3 Å². The van der Waals surface area contributed by atoms with Gasteiger partial charge in [0, 0.05) is 43.3 Å². The van der Waals surface area contributed by atoms with Gasteiger partial charge in [-0.15, -0.1) is 0 Å². The number of benzene rings is 2. The topological polar surface area (TPSA) is 86.8 Å². The Bertz CT molecular complexity index is 1150. The highest BCUT2D eigenvalue weighted by Gasteiger charge is 2.31. The molecular formula is C25H30FN3O4S. The van der Waals surface area contributed by atoms with E-state index in [9.17, 15) is 22.4 Å². The Morgan fingerprint density at radius 3 is 2.21 bits per heavy atom. The van der Waals surface area contributed by atoms with Gasteiger partial charge in [-0.25, -0.2) is 12.8 Å². The van der Waals surface area contributed by atoms with Crippen molar-refractivity contribution in [3.63, 3.8) is 0 Å². The molecule has 4 rings (SSSR count). The summed E-state index contributed by atoms with van der Waals surface area (Å²) in [6, 6.07) is 9.45. The average Bonchev–Trinajstić information content (AvgIpc) is 2.85. The van der Waals surface area contributed by atoms with E-state index in [0.717, 1.165) is 25.9 Å². The standard InChI is InChI=1S/C25H30FN3O4S/c1-18-5-10-22(34(32,33)27-21-8-6-20(26)7-9-21)17-23(18)25(31)29-15-11-19(12-16-29)24(30)28-13-3-2-4-14-28/h5-10,17,19,27H,2-4,11-16H2,1H3. The third kappa shape index (κ3) is 5.41. The molecule has 2 heterocycles. The first-order valence-electron chi connectivity index (χ1n) is 11.7. The van der Waals surface area contributed by atoms with Crippen molar-refractivity contribution in [3.8, 4) is 0 Å². The minimum Gasteiger partial charge on any atom is -0.342 e. The van der Waals surface area contributed by atoms with Gasteiger partial charge in [0.15, 0.2) is 0 Å². The number of carbonyl (C=O) groups is 2. The lowest BCUT2D eigenvalue weighted by Gasteiger charge is -2.35. The Kier molecular flexibility index (Phi) is 7.21. The van der Waals surface area contributed by atoms with Crippen LogP contribution >= 0.6 is 0 Å². The minimum atomic E-state index is -3.96. The fourth-order valence-corrected chi connectivity index (χ4v) is 5.69. The molecule has 2 fully saturated rings. The largest absolute Gasteiger partial charge is 0.342 e. The van der Waals surface area contributed by atoms with Crippen LogP contribution in [0.2, 0.25) is 0 Å². The number of nitrogens with zero attached hydrogens (tertiary/aromatic N) is 2. The molecule has 0 spiro atoms. The lowest BCUT2D eigenvalue weighted by atomic mass is 9.93. The van der Waals surface area contributed by atoms with Crippen molar-refractivity contribution < 1.29 is 22.4 Å². The van der Waals surface area contributed by atoms with E-state index < -0.39 is 15.8 Å². The molecule has 0 bridgehead atoms. The van der Waals surface area contributed by atoms with Crippen LogP contribution in [-0.4, -0.2) is 56.2 Å². The summed E-state index contributed by atoms with van der Waals surface area (Å²) in [5, 5.41) is 0. The van der Waals surface area contributed by atoms with Crippen LogP contribution in [-0.2, 0) is 14.8 Å². The predicted octanol–water partition coefficient (Wildman–Crippen LogP) is 3.80. The number of aryl methyl sites for hydroxylation is 1. The van der Waals surface area contributed by atoms with Crippen molar-refractivity contribution in [2.45, 2.75) is 43.9 Å². The van der Waals surface area contributed by atoms with Gasteiger partial charge in [0.2, 0.25) is 5.91 Å². The van der Waals surface area contributed by atoms with E-state index >= 15 is 0 Å². The summed E-state index contributed by atoms with van der Waals surface area (Å²) < 4.78 is 41.2. The highest BCUT2D eigenvalue weighted by molar-refractivity contribution is 7.92. The van der Waals surface area contributed by atoms with Crippen LogP contribution in [0.1, 0.15) is 48.0 Å². The summed E-state index contributed by atoms with van der Waals surface area (Å²) in [5.74, 6) is -0.564. The molecule has 0 atom stereocenters. The van der Waals surface area contributed by atoms with Gasteiger partial charge in [0.25, 0.3) is 15.9 Å². The number of sulfonamides is 1. The quantitative estimate of drug-likeness (QED) is 0.695. The molecule has 2 aliphatic heterocycles. The summed E-state index contributed by atoms with van der Waals surface area (Å²) >= 11 is 0. The molecule has 2 aliphatic rings. The summed E-state index contributed by atoms with van der Waals surface area (Å²) in [4.78, 5) is 29.7. The molecule has 2 aromatic carbocycles. The lowest BCUT2D eigenvalue weighted by Crippen LogP contribution is -2.45. The molecule has 2 amide bonds. The Balaban J connectivity index is 1.44. The number of hydrogen-bond donors (Lipinski definition) is 1. The fourth-order valence-electron chi connectivity index (χ4n) is 4.60. The van der Waals surface area contributed by atoms with Crippen molar-refractivity contribution in [2.24, 2.45) is 5.92 Å². The monoisotopic (exact) mass is 487 g/mol. The normalized spacial score (nSPS) is 17.5. The maximum absolute atomic E-state index is 13.2. The molecule has 0 saturated carbocycles. The van der Waals surface area contributed by atoms with E-state index in [4.69, 9.17) is 0 Å². The zero-order valence-corrected chi connectivity index (χ0v) is 20.1. The van der Waals surface area contributed by atoms with Crippen molar-refractivity contribution in [2.75, 3.05) is 30.9 Å². The van der Waals surface area contributed by atoms with Crippen LogP contribution in [0.15, 0.2) is 47.4 Å². The van der Waals surface area contributed by atoms with Gasteiger partial charge in [0.05, 0.1) is 4.90 Å². The van der Waals surface area contributed by atoms with Crippen molar-refractivity contribution in [1.29, 1.82) is 0 Å². The maximum Gasteiger partial charge on any atom is 0.261 e. The number of carbonyl (C=O) groups excluding carboxylic acids is 2. The molecule has 34 heavy (non-hydrogen) atoms. The van der Waals surface area contributed by atoms with Gasteiger partial charge in [-0.3, -0.25) is 14.3 Å². The first kappa shape index (κ1) is 24.2. The molecule has 0 aliphatic carbocycles. The van der Waals surface area contributed by atoms with Gasteiger partial charge in [-0.1, -0.05) is 6.07 Å². The number of halogens is 1. The highest BCUT2D eigenvalue weighted by atomic mass is 32.2. The van der Waals surface area contributed by atoms with E-state index in [1.807, 2.05) is 4.90 Å². The average molecular weight is 488 g/mol. The molecular weight excluding hydrogens is 457 g/mol. The van der Waals surface area contributed by atoms with E-state index in [1.54, 1.807) is 17.9 Å². The van der Waals surface area contributed by atoms with Gasteiger partial charge in [0.1, 0.15) is 5.82 Å². The molecule has 7 nitrogen and oxygen atoms in total. The third-order valence-electron chi connectivity index (χ3n) is 6.65. The zero-order valence-electron chi connectivity index (χ0n) is 19.3. The molecule has 9 heteroatoms. The van der Waals surface area contributed by atoms with Gasteiger partial charge >= 0.3 is 0 Å². The number of likely N-dealkylation sites (tertiary alicyclic amines) is 2. The number of rotatable bonds is 5. The Hall–Kier alpha value is -2.94. The first-order chi connectivity index (χ1) is 16.2. The lowest BCUT2D eigenvalue weighted by molar-refractivity contribution is -0.137. The zero-order chi connectivity index (χ0) is 24.3. The smallest absolute Gasteiger partial charge is 0.261 e. The summed E-state index contributed by atoms with van der Waals surface area (Å²) in [5.41, 5.74) is 1.23. The number of anilines is 1. The van der Waals surface area contributed by atoms with Crippen LogP contribution in [0.3, 0.4) is 0 Å².